The molecule has 26 heavy (non-hydrogen) atoms. The van der Waals surface area contributed by atoms with E-state index in [1.54, 1.807) is 22.2 Å². The van der Waals surface area contributed by atoms with E-state index in [9.17, 15) is 4.79 Å². The Hall–Kier alpha value is -2.47. The van der Waals surface area contributed by atoms with Crippen molar-refractivity contribution in [3.8, 4) is 0 Å². The van der Waals surface area contributed by atoms with E-state index in [1.807, 2.05) is 36.4 Å². The predicted molar refractivity (Wildman–Crippen MR) is 104 cm³/mol. The quantitative estimate of drug-likeness (QED) is 0.636. The SMILES string of the molecule is Cc1cc(C(=O)N(Cc2nccs2)[C@@H](C)CCc2ccccc2)n(C)n1. The molecule has 1 amide bonds. The van der Waals surface area contributed by atoms with E-state index < -0.39 is 0 Å². The van der Waals surface area contributed by atoms with Crippen LogP contribution in [0.5, 0.6) is 0 Å². The largest absolute Gasteiger partial charge is 0.328 e. The Morgan fingerprint density at radius 3 is 2.69 bits per heavy atom. The van der Waals surface area contributed by atoms with Crippen molar-refractivity contribution in [1.29, 1.82) is 0 Å². The van der Waals surface area contributed by atoms with Crippen LogP contribution in [-0.2, 0) is 20.0 Å². The lowest BCUT2D eigenvalue weighted by Gasteiger charge is -2.28. The van der Waals surface area contributed by atoms with Gasteiger partial charge in [-0.3, -0.25) is 9.48 Å². The number of carbonyl (C=O) groups is 1. The first-order valence-corrected chi connectivity index (χ1v) is 9.66. The van der Waals surface area contributed by atoms with Crippen LogP contribution in [0.4, 0.5) is 0 Å². The first-order valence-electron chi connectivity index (χ1n) is 8.78. The Bertz CT molecular complexity index is 842. The van der Waals surface area contributed by atoms with Crippen LogP contribution in [0.1, 0.15) is 40.1 Å². The van der Waals surface area contributed by atoms with Crippen molar-refractivity contribution in [2.45, 2.75) is 39.3 Å². The number of thiazole rings is 1. The molecule has 0 N–H and O–H groups in total. The van der Waals surface area contributed by atoms with E-state index in [2.05, 4.69) is 41.3 Å². The maximum atomic E-state index is 13.2. The fraction of sp³-hybridized carbons (Fsp3) is 0.350. The van der Waals surface area contributed by atoms with Crippen LogP contribution in [-0.4, -0.2) is 31.6 Å². The molecular formula is C20H24N4OS. The van der Waals surface area contributed by atoms with Crippen LogP contribution in [0, 0.1) is 6.92 Å². The maximum Gasteiger partial charge on any atom is 0.272 e. The predicted octanol–water partition coefficient (Wildman–Crippen LogP) is 3.85. The highest BCUT2D eigenvalue weighted by Crippen LogP contribution is 2.18. The molecule has 0 saturated carbocycles. The molecule has 0 bridgehead atoms. The van der Waals surface area contributed by atoms with Gasteiger partial charge in [0, 0.05) is 24.7 Å². The van der Waals surface area contributed by atoms with Crippen LogP contribution in [0.3, 0.4) is 0 Å². The molecule has 5 nitrogen and oxygen atoms in total. The van der Waals surface area contributed by atoms with Crippen molar-refractivity contribution in [2.24, 2.45) is 7.05 Å². The van der Waals surface area contributed by atoms with Gasteiger partial charge in [-0.1, -0.05) is 30.3 Å². The fourth-order valence-corrected chi connectivity index (χ4v) is 3.65. The number of aryl methyl sites for hydroxylation is 3. The smallest absolute Gasteiger partial charge is 0.272 e. The molecule has 3 aromatic rings. The van der Waals surface area contributed by atoms with E-state index in [-0.39, 0.29) is 11.9 Å². The van der Waals surface area contributed by atoms with Crippen LogP contribution >= 0.6 is 11.3 Å². The van der Waals surface area contributed by atoms with Crippen LogP contribution < -0.4 is 0 Å². The Morgan fingerprint density at radius 2 is 2.08 bits per heavy atom. The van der Waals surface area contributed by atoms with Gasteiger partial charge in [0.05, 0.1) is 12.2 Å². The van der Waals surface area contributed by atoms with Gasteiger partial charge in [0.1, 0.15) is 10.7 Å². The summed E-state index contributed by atoms with van der Waals surface area (Å²) in [6, 6.07) is 12.3. The molecule has 6 heteroatoms. The lowest BCUT2D eigenvalue weighted by atomic mass is 10.0. The van der Waals surface area contributed by atoms with Crippen molar-refractivity contribution in [3.05, 3.63) is 69.9 Å². The van der Waals surface area contributed by atoms with Crippen molar-refractivity contribution in [2.75, 3.05) is 0 Å². The highest BCUT2D eigenvalue weighted by molar-refractivity contribution is 7.09. The molecule has 1 aromatic carbocycles. The topological polar surface area (TPSA) is 51.0 Å². The number of rotatable bonds is 7. The van der Waals surface area contributed by atoms with Crippen LogP contribution in [0.25, 0.3) is 0 Å². The Morgan fingerprint density at radius 1 is 1.31 bits per heavy atom. The molecule has 0 aliphatic rings. The van der Waals surface area contributed by atoms with Gasteiger partial charge < -0.3 is 4.90 Å². The molecule has 2 aromatic heterocycles. The second-order valence-electron chi connectivity index (χ2n) is 6.53. The van der Waals surface area contributed by atoms with Gasteiger partial charge in [-0.15, -0.1) is 11.3 Å². The van der Waals surface area contributed by atoms with E-state index >= 15 is 0 Å². The summed E-state index contributed by atoms with van der Waals surface area (Å²) in [6.07, 6.45) is 3.62. The van der Waals surface area contributed by atoms with Gasteiger partial charge in [-0.05, 0) is 38.3 Å². The Labute approximate surface area is 158 Å². The van der Waals surface area contributed by atoms with E-state index in [4.69, 9.17) is 0 Å². The second kappa shape index (κ2) is 8.27. The van der Waals surface area contributed by atoms with E-state index in [1.165, 1.54) is 5.56 Å². The molecule has 0 unspecified atom stereocenters. The van der Waals surface area contributed by atoms with Crippen molar-refractivity contribution in [1.82, 2.24) is 19.7 Å². The Kier molecular flexibility index (Phi) is 5.83. The lowest BCUT2D eigenvalue weighted by molar-refractivity contribution is 0.0656. The number of hydrogen-bond acceptors (Lipinski definition) is 4. The van der Waals surface area contributed by atoms with Gasteiger partial charge in [0.15, 0.2) is 0 Å². The molecular weight excluding hydrogens is 344 g/mol. The van der Waals surface area contributed by atoms with Gasteiger partial charge in [0.25, 0.3) is 5.91 Å². The van der Waals surface area contributed by atoms with Crippen LogP contribution in [0.15, 0.2) is 48.0 Å². The summed E-state index contributed by atoms with van der Waals surface area (Å²) in [5, 5.41) is 7.21. The lowest BCUT2D eigenvalue weighted by Crippen LogP contribution is -2.39. The highest BCUT2D eigenvalue weighted by Gasteiger charge is 2.25. The highest BCUT2D eigenvalue weighted by atomic mass is 32.1. The zero-order valence-electron chi connectivity index (χ0n) is 15.4. The average molecular weight is 369 g/mol. The monoisotopic (exact) mass is 368 g/mol. The first kappa shape index (κ1) is 18.3. The molecule has 0 spiro atoms. The number of benzene rings is 1. The minimum Gasteiger partial charge on any atom is -0.328 e. The number of aromatic nitrogens is 3. The second-order valence-corrected chi connectivity index (χ2v) is 7.51. The third-order valence-electron chi connectivity index (χ3n) is 4.50. The zero-order valence-corrected chi connectivity index (χ0v) is 16.2. The maximum absolute atomic E-state index is 13.2. The molecule has 0 fully saturated rings. The standard InChI is InChI=1S/C20H24N4OS/c1-15-13-18(23(3)22-15)20(25)24(14-19-21-11-12-26-19)16(2)9-10-17-7-5-4-6-8-17/h4-8,11-13,16H,9-10,14H2,1-3H3/t16-/m0/s1. The minimum atomic E-state index is 0.00358. The van der Waals surface area contributed by atoms with Crippen molar-refractivity contribution < 1.29 is 4.79 Å². The molecule has 0 saturated heterocycles. The number of carbonyl (C=O) groups excluding carboxylic acids is 1. The number of amides is 1. The third kappa shape index (κ3) is 4.38. The molecule has 0 radical (unpaired) electrons. The van der Waals surface area contributed by atoms with Gasteiger partial charge in [0.2, 0.25) is 0 Å². The molecule has 0 aliphatic heterocycles. The van der Waals surface area contributed by atoms with Crippen LogP contribution in [0.2, 0.25) is 0 Å². The average Bonchev–Trinajstić information content (AvgIpc) is 3.27. The summed E-state index contributed by atoms with van der Waals surface area (Å²) in [5.41, 5.74) is 2.75. The summed E-state index contributed by atoms with van der Waals surface area (Å²) in [6.45, 7) is 4.54. The summed E-state index contributed by atoms with van der Waals surface area (Å²) in [7, 11) is 1.82. The first-order chi connectivity index (χ1) is 12.5. The van der Waals surface area contributed by atoms with Gasteiger partial charge >= 0.3 is 0 Å². The molecule has 136 valence electrons. The van der Waals surface area contributed by atoms with E-state index in [0.717, 1.165) is 23.5 Å². The number of hydrogen-bond donors (Lipinski definition) is 0. The minimum absolute atomic E-state index is 0.00358. The third-order valence-corrected chi connectivity index (χ3v) is 5.26. The Balaban J connectivity index is 1.78. The zero-order chi connectivity index (χ0) is 18.5. The fourth-order valence-electron chi connectivity index (χ4n) is 3.04. The molecule has 3 rings (SSSR count). The van der Waals surface area contributed by atoms with E-state index in [0.29, 0.717) is 12.2 Å². The molecule has 1 atom stereocenters. The summed E-state index contributed by atoms with van der Waals surface area (Å²) < 4.78 is 1.66. The van der Waals surface area contributed by atoms with Crippen molar-refractivity contribution >= 4 is 17.2 Å². The summed E-state index contributed by atoms with van der Waals surface area (Å²) >= 11 is 1.58. The van der Waals surface area contributed by atoms with Gasteiger partial charge in [-0.25, -0.2) is 4.98 Å². The van der Waals surface area contributed by atoms with Gasteiger partial charge in [-0.2, -0.15) is 5.10 Å². The summed E-state index contributed by atoms with van der Waals surface area (Å²) in [4.78, 5) is 19.5. The normalized spacial score (nSPS) is 12.1. The molecule has 2 heterocycles. The molecule has 0 aliphatic carbocycles. The van der Waals surface area contributed by atoms with Crippen molar-refractivity contribution in [3.63, 3.8) is 0 Å². The number of nitrogens with zero attached hydrogens (tertiary/aromatic N) is 4. The summed E-state index contributed by atoms with van der Waals surface area (Å²) in [5.74, 6) is 0.00358.